The van der Waals surface area contributed by atoms with Gasteiger partial charge >= 0.3 is 0 Å². The number of ether oxygens (including phenoxy) is 1. The number of halogens is 1. The minimum Gasteiger partial charge on any atom is -0.496 e. The van der Waals surface area contributed by atoms with E-state index in [1.807, 2.05) is 18.2 Å². The highest BCUT2D eigenvalue weighted by molar-refractivity contribution is 6.31. The molecule has 1 aliphatic carbocycles. The summed E-state index contributed by atoms with van der Waals surface area (Å²) in [5.74, 6) is 0.903. The highest BCUT2D eigenvalue weighted by Gasteiger charge is 2.41. The van der Waals surface area contributed by atoms with Crippen molar-refractivity contribution in [3.8, 4) is 5.75 Å². The molecule has 0 radical (unpaired) electrons. The van der Waals surface area contributed by atoms with Crippen molar-refractivity contribution in [1.82, 2.24) is 0 Å². The largest absolute Gasteiger partial charge is 0.496 e. The molecule has 0 saturated heterocycles. The van der Waals surface area contributed by atoms with Gasteiger partial charge in [0.1, 0.15) is 5.75 Å². The van der Waals surface area contributed by atoms with Crippen molar-refractivity contribution in [3.63, 3.8) is 0 Å². The van der Waals surface area contributed by atoms with Gasteiger partial charge < -0.3 is 10.5 Å². The number of benzene rings is 1. The van der Waals surface area contributed by atoms with Gasteiger partial charge in [-0.2, -0.15) is 0 Å². The van der Waals surface area contributed by atoms with Gasteiger partial charge in [-0.05, 0) is 37.9 Å². The van der Waals surface area contributed by atoms with Crippen LogP contribution in [-0.4, -0.2) is 13.7 Å². The molecule has 1 fully saturated rings. The molecular formula is C13H18ClNO. The Balaban J connectivity index is 2.44. The van der Waals surface area contributed by atoms with E-state index in [0.717, 1.165) is 22.8 Å². The number of hydrogen-bond acceptors (Lipinski definition) is 2. The Bertz CT molecular complexity index is 374. The molecule has 3 heteroatoms. The third-order valence-corrected chi connectivity index (χ3v) is 3.97. The van der Waals surface area contributed by atoms with E-state index in [1.165, 1.54) is 19.3 Å². The molecule has 0 bridgehead atoms. The normalized spacial score (nSPS) is 17.9. The summed E-state index contributed by atoms with van der Waals surface area (Å²) in [4.78, 5) is 0. The fraction of sp³-hybridized carbons (Fsp3) is 0.538. The summed E-state index contributed by atoms with van der Waals surface area (Å²) in [7, 11) is 1.70. The molecule has 0 aliphatic heterocycles. The predicted octanol–water partition coefficient (Wildman–Crippen LogP) is 3.12. The molecule has 0 amide bonds. The monoisotopic (exact) mass is 239 g/mol. The molecule has 1 aromatic carbocycles. The first-order valence-electron chi connectivity index (χ1n) is 5.76. The van der Waals surface area contributed by atoms with E-state index in [0.29, 0.717) is 6.54 Å². The second kappa shape index (κ2) is 4.64. The van der Waals surface area contributed by atoms with Gasteiger partial charge in [0, 0.05) is 16.0 Å². The maximum absolute atomic E-state index is 6.32. The van der Waals surface area contributed by atoms with Crippen LogP contribution in [0.2, 0.25) is 5.02 Å². The summed E-state index contributed by atoms with van der Waals surface area (Å²) in [5.41, 5.74) is 7.05. The van der Waals surface area contributed by atoms with Gasteiger partial charge in [0.25, 0.3) is 0 Å². The summed E-state index contributed by atoms with van der Waals surface area (Å²) in [6.45, 7) is 0.703. The molecule has 1 aromatic rings. The highest BCUT2D eigenvalue weighted by Crippen LogP contribution is 2.51. The predicted molar refractivity (Wildman–Crippen MR) is 67.2 cm³/mol. The lowest BCUT2D eigenvalue weighted by Gasteiger charge is -2.43. The molecule has 2 nitrogen and oxygen atoms in total. The smallest absolute Gasteiger partial charge is 0.124 e. The highest BCUT2D eigenvalue weighted by atomic mass is 35.5. The van der Waals surface area contributed by atoms with E-state index >= 15 is 0 Å². The van der Waals surface area contributed by atoms with Crippen LogP contribution in [0.4, 0.5) is 0 Å². The van der Waals surface area contributed by atoms with Crippen LogP contribution in [-0.2, 0) is 5.41 Å². The second-order valence-corrected chi connectivity index (χ2v) is 4.90. The van der Waals surface area contributed by atoms with E-state index < -0.39 is 0 Å². The van der Waals surface area contributed by atoms with Crippen LogP contribution in [0.15, 0.2) is 18.2 Å². The fourth-order valence-corrected chi connectivity index (χ4v) is 3.06. The Kier molecular flexibility index (Phi) is 3.41. The van der Waals surface area contributed by atoms with Crippen molar-refractivity contribution in [2.45, 2.75) is 31.1 Å². The zero-order valence-electron chi connectivity index (χ0n) is 9.63. The quantitative estimate of drug-likeness (QED) is 0.876. The van der Waals surface area contributed by atoms with Gasteiger partial charge in [-0.1, -0.05) is 24.1 Å². The lowest BCUT2D eigenvalue weighted by Crippen LogP contribution is -2.37. The second-order valence-electron chi connectivity index (χ2n) is 4.49. The van der Waals surface area contributed by atoms with Gasteiger partial charge in [-0.15, -0.1) is 0 Å². The zero-order chi connectivity index (χ0) is 11.6. The molecule has 0 heterocycles. The van der Waals surface area contributed by atoms with Crippen molar-refractivity contribution in [2.75, 3.05) is 13.7 Å². The Morgan fingerprint density at radius 1 is 1.44 bits per heavy atom. The van der Waals surface area contributed by atoms with Gasteiger partial charge in [-0.3, -0.25) is 0 Å². The van der Waals surface area contributed by atoms with E-state index in [9.17, 15) is 0 Å². The summed E-state index contributed by atoms with van der Waals surface area (Å²) < 4.78 is 5.43. The lowest BCUT2D eigenvalue weighted by molar-refractivity contribution is 0.221. The maximum atomic E-state index is 6.32. The molecule has 2 rings (SSSR count). The number of methoxy groups -OCH3 is 1. The minimum absolute atomic E-state index is 0.165. The number of nitrogens with two attached hydrogens (primary N) is 1. The summed E-state index contributed by atoms with van der Waals surface area (Å²) >= 11 is 6.32. The molecular weight excluding hydrogens is 222 g/mol. The summed E-state index contributed by atoms with van der Waals surface area (Å²) in [5, 5.41) is 0.813. The maximum Gasteiger partial charge on any atom is 0.124 e. The van der Waals surface area contributed by atoms with Crippen LogP contribution in [0.5, 0.6) is 5.75 Å². The molecule has 1 saturated carbocycles. The van der Waals surface area contributed by atoms with Crippen LogP contribution >= 0.6 is 11.6 Å². The summed E-state index contributed by atoms with van der Waals surface area (Å²) in [6, 6.07) is 5.85. The van der Waals surface area contributed by atoms with Crippen LogP contribution in [0.25, 0.3) is 0 Å². The van der Waals surface area contributed by atoms with Crippen LogP contribution in [0.1, 0.15) is 31.2 Å². The number of rotatable bonds is 4. The lowest BCUT2D eigenvalue weighted by atomic mass is 9.62. The van der Waals surface area contributed by atoms with Gasteiger partial charge in [-0.25, -0.2) is 0 Å². The van der Waals surface area contributed by atoms with Crippen LogP contribution in [0, 0.1) is 0 Å². The Labute approximate surface area is 102 Å². The van der Waals surface area contributed by atoms with Gasteiger partial charge in [0.15, 0.2) is 0 Å². The third-order valence-electron chi connectivity index (χ3n) is 3.66. The topological polar surface area (TPSA) is 35.2 Å². The first-order valence-corrected chi connectivity index (χ1v) is 6.14. The minimum atomic E-state index is 0.165. The average Bonchev–Trinajstić information content (AvgIpc) is 2.24. The number of hydrogen-bond donors (Lipinski definition) is 1. The van der Waals surface area contributed by atoms with Gasteiger partial charge in [0.2, 0.25) is 0 Å². The van der Waals surface area contributed by atoms with E-state index in [4.69, 9.17) is 22.1 Å². The first kappa shape index (κ1) is 11.7. The molecule has 88 valence electrons. The molecule has 0 unspecified atom stereocenters. The van der Waals surface area contributed by atoms with E-state index in [-0.39, 0.29) is 5.41 Å². The van der Waals surface area contributed by atoms with Crippen molar-refractivity contribution in [1.29, 1.82) is 0 Å². The average molecular weight is 240 g/mol. The molecule has 0 aromatic heterocycles. The molecule has 0 atom stereocenters. The van der Waals surface area contributed by atoms with Gasteiger partial charge in [0.05, 0.1) is 7.11 Å². The van der Waals surface area contributed by atoms with Crippen LogP contribution < -0.4 is 10.5 Å². The SMILES string of the molecule is COc1cccc(Cl)c1C1(CCN)CCC1. The molecule has 0 spiro atoms. The standard InChI is InChI=1S/C13H18ClNO/c1-16-11-5-2-4-10(14)12(11)13(8-9-15)6-3-7-13/h2,4-5H,3,6-9,15H2,1H3. The molecule has 1 aliphatic rings. The zero-order valence-corrected chi connectivity index (χ0v) is 10.4. The molecule has 16 heavy (non-hydrogen) atoms. The fourth-order valence-electron chi connectivity index (χ4n) is 2.69. The first-order chi connectivity index (χ1) is 7.73. The Morgan fingerprint density at radius 2 is 2.19 bits per heavy atom. The van der Waals surface area contributed by atoms with Crippen LogP contribution in [0.3, 0.4) is 0 Å². The van der Waals surface area contributed by atoms with E-state index in [1.54, 1.807) is 7.11 Å². The Hall–Kier alpha value is -0.730. The van der Waals surface area contributed by atoms with Crippen molar-refractivity contribution < 1.29 is 4.74 Å². The third kappa shape index (κ3) is 1.80. The van der Waals surface area contributed by atoms with Crippen molar-refractivity contribution >= 4 is 11.6 Å². The van der Waals surface area contributed by atoms with Crippen molar-refractivity contribution in [2.24, 2.45) is 5.73 Å². The summed E-state index contributed by atoms with van der Waals surface area (Å²) in [6.07, 6.45) is 4.59. The van der Waals surface area contributed by atoms with E-state index in [2.05, 4.69) is 0 Å². The van der Waals surface area contributed by atoms with Crippen molar-refractivity contribution in [3.05, 3.63) is 28.8 Å². The molecule has 2 N–H and O–H groups in total. The Morgan fingerprint density at radius 3 is 2.69 bits per heavy atom.